The lowest BCUT2D eigenvalue weighted by atomic mass is 10.1. The van der Waals surface area contributed by atoms with Crippen molar-refractivity contribution >= 4 is 41.4 Å². The van der Waals surface area contributed by atoms with Crippen LogP contribution in [0.4, 0.5) is 0 Å². The maximum absolute atomic E-state index is 12.7. The molecule has 31 heavy (non-hydrogen) atoms. The van der Waals surface area contributed by atoms with Crippen molar-refractivity contribution in [3.63, 3.8) is 0 Å². The van der Waals surface area contributed by atoms with Gasteiger partial charge < -0.3 is 37.6 Å². The van der Waals surface area contributed by atoms with E-state index >= 15 is 0 Å². The second kappa shape index (κ2) is 15.4. The molecule has 0 heterocycles. The number of carbonyl (C=O) groups is 5. The van der Waals surface area contributed by atoms with Crippen molar-refractivity contribution < 1.29 is 34.2 Å². The van der Waals surface area contributed by atoms with Crippen LogP contribution in [0.3, 0.4) is 0 Å². The van der Waals surface area contributed by atoms with E-state index < -0.39 is 60.2 Å². The summed E-state index contributed by atoms with van der Waals surface area (Å²) in [5.74, 6) is -4.48. The van der Waals surface area contributed by atoms with Crippen molar-refractivity contribution in [2.75, 3.05) is 18.6 Å². The topological polar surface area (TPSA) is 214 Å². The van der Waals surface area contributed by atoms with E-state index in [4.69, 9.17) is 16.6 Å². The number of hydrogen-bond acceptors (Lipinski definition) is 8. The van der Waals surface area contributed by atoms with Crippen LogP contribution < -0.4 is 27.4 Å². The molecule has 178 valence electrons. The monoisotopic (exact) mass is 463 g/mol. The lowest BCUT2D eigenvalue weighted by Crippen LogP contribution is -2.57. The second-order valence-corrected chi connectivity index (χ2v) is 7.96. The Morgan fingerprint density at radius 2 is 1.42 bits per heavy atom. The first-order valence-corrected chi connectivity index (χ1v) is 11.2. The first-order chi connectivity index (χ1) is 14.5. The molecule has 0 saturated heterocycles. The van der Waals surface area contributed by atoms with E-state index in [1.807, 2.05) is 0 Å². The molecule has 0 aromatic carbocycles. The maximum Gasteiger partial charge on any atom is 0.326 e. The molecule has 0 fully saturated rings. The van der Waals surface area contributed by atoms with Crippen molar-refractivity contribution in [2.24, 2.45) is 11.5 Å². The molecule has 4 unspecified atom stereocenters. The summed E-state index contributed by atoms with van der Waals surface area (Å²) in [6.07, 6.45) is 2.43. The summed E-state index contributed by atoms with van der Waals surface area (Å²) >= 11 is 1.39. The fourth-order valence-electron chi connectivity index (χ4n) is 2.49. The van der Waals surface area contributed by atoms with Gasteiger partial charge >= 0.3 is 11.9 Å². The predicted octanol–water partition coefficient (Wildman–Crippen LogP) is -1.77. The Kier molecular flexibility index (Phi) is 14.2. The minimum absolute atomic E-state index is 0.127. The van der Waals surface area contributed by atoms with Crippen LogP contribution in [0.15, 0.2) is 0 Å². The molecule has 0 aliphatic rings. The van der Waals surface area contributed by atoms with Crippen LogP contribution in [0.2, 0.25) is 0 Å². The number of hydrogen-bond donors (Lipinski definition) is 7. The fourth-order valence-corrected chi connectivity index (χ4v) is 2.96. The van der Waals surface area contributed by atoms with Crippen LogP contribution in [0, 0.1) is 0 Å². The van der Waals surface area contributed by atoms with Crippen LogP contribution in [0.1, 0.15) is 39.0 Å². The Bertz CT molecular complexity index is 632. The number of carbonyl (C=O) groups excluding carboxylic acids is 3. The molecule has 0 aliphatic carbocycles. The van der Waals surface area contributed by atoms with E-state index in [0.717, 1.165) is 0 Å². The van der Waals surface area contributed by atoms with Gasteiger partial charge in [-0.2, -0.15) is 11.8 Å². The third kappa shape index (κ3) is 12.2. The summed E-state index contributed by atoms with van der Waals surface area (Å²) in [5.41, 5.74) is 11.0. The number of unbranched alkanes of at least 4 members (excludes halogenated alkanes) is 1. The summed E-state index contributed by atoms with van der Waals surface area (Å²) in [4.78, 5) is 59.7. The second-order valence-electron chi connectivity index (χ2n) is 6.97. The molecule has 0 aromatic rings. The normalized spacial score (nSPS) is 14.6. The maximum atomic E-state index is 12.7. The molecular weight excluding hydrogens is 430 g/mol. The zero-order valence-electron chi connectivity index (χ0n) is 17.8. The number of aliphatic carboxylic acids is 2. The molecule has 13 heteroatoms. The van der Waals surface area contributed by atoms with Gasteiger partial charge in [0.05, 0.1) is 12.5 Å². The average molecular weight is 464 g/mol. The summed E-state index contributed by atoms with van der Waals surface area (Å²) in [6.45, 7) is 1.82. The highest BCUT2D eigenvalue weighted by Gasteiger charge is 2.31. The SMILES string of the molecule is CSCCC(NC(=O)C(CC(=O)O)NC(=O)C(CCCCN)NC(=O)C(C)N)C(=O)O. The Morgan fingerprint density at radius 3 is 1.90 bits per heavy atom. The molecule has 12 nitrogen and oxygen atoms in total. The van der Waals surface area contributed by atoms with E-state index in [1.165, 1.54) is 18.7 Å². The molecule has 4 atom stereocenters. The Hall–Kier alpha value is -2.38. The van der Waals surface area contributed by atoms with Crippen molar-refractivity contribution in [2.45, 2.75) is 63.2 Å². The molecule has 0 bridgehead atoms. The summed E-state index contributed by atoms with van der Waals surface area (Å²) in [6, 6.07) is -4.69. The third-order valence-corrected chi connectivity index (χ3v) is 4.87. The third-order valence-electron chi connectivity index (χ3n) is 4.23. The first-order valence-electron chi connectivity index (χ1n) is 9.83. The van der Waals surface area contributed by atoms with Crippen LogP contribution in [-0.2, 0) is 24.0 Å². The molecule has 9 N–H and O–H groups in total. The number of nitrogens with one attached hydrogen (secondary N) is 3. The van der Waals surface area contributed by atoms with Gasteiger partial charge in [-0.25, -0.2) is 4.79 Å². The van der Waals surface area contributed by atoms with E-state index in [0.29, 0.717) is 25.1 Å². The molecule has 0 spiro atoms. The Balaban J connectivity index is 5.37. The van der Waals surface area contributed by atoms with Crippen molar-refractivity contribution in [1.29, 1.82) is 0 Å². The smallest absolute Gasteiger partial charge is 0.326 e. The van der Waals surface area contributed by atoms with Gasteiger partial charge in [-0.1, -0.05) is 0 Å². The molecule has 0 radical (unpaired) electrons. The number of carboxylic acid groups (broad SMARTS) is 2. The van der Waals surface area contributed by atoms with Gasteiger partial charge in [0.15, 0.2) is 0 Å². The number of amides is 3. The predicted molar refractivity (Wildman–Crippen MR) is 115 cm³/mol. The van der Waals surface area contributed by atoms with Crippen molar-refractivity contribution in [1.82, 2.24) is 16.0 Å². The Labute approximate surface area is 185 Å². The minimum atomic E-state index is -1.52. The van der Waals surface area contributed by atoms with Gasteiger partial charge in [-0.15, -0.1) is 0 Å². The molecule has 0 rings (SSSR count). The number of thioether (sulfide) groups is 1. The van der Waals surface area contributed by atoms with Gasteiger partial charge in [-0.3, -0.25) is 19.2 Å². The van der Waals surface area contributed by atoms with Crippen molar-refractivity contribution in [3.8, 4) is 0 Å². The van der Waals surface area contributed by atoms with Gasteiger partial charge in [-0.05, 0) is 51.2 Å². The summed E-state index contributed by atoms with van der Waals surface area (Å²) in [5, 5.41) is 25.4. The molecule has 0 aliphatic heterocycles. The van der Waals surface area contributed by atoms with Crippen LogP contribution in [0.25, 0.3) is 0 Å². The minimum Gasteiger partial charge on any atom is -0.481 e. The highest BCUT2D eigenvalue weighted by atomic mass is 32.2. The number of rotatable bonds is 16. The number of nitrogens with two attached hydrogens (primary N) is 2. The van der Waals surface area contributed by atoms with Gasteiger partial charge in [0.1, 0.15) is 18.1 Å². The van der Waals surface area contributed by atoms with Crippen LogP contribution >= 0.6 is 11.8 Å². The lowest BCUT2D eigenvalue weighted by Gasteiger charge is -2.24. The summed E-state index contributed by atoms with van der Waals surface area (Å²) in [7, 11) is 0. The van der Waals surface area contributed by atoms with Crippen LogP contribution in [-0.4, -0.2) is 82.6 Å². The standard InChI is InChI=1S/C18H33N5O7S/c1-10(20)15(26)21-11(5-3-4-7-19)16(27)23-13(9-14(24)25)17(28)22-12(18(29)30)6-8-31-2/h10-13H,3-9,19-20H2,1-2H3,(H,21,26)(H,22,28)(H,23,27)(H,24,25)(H,29,30). The highest BCUT2D eigenvalue weighted by molar-refractivity contribution is 7.98. The van der Waals surface area contributed by atoms with E-state index in [9.17, 15) is 29.1 Å². The zero-order chi connectivity index (χ0) is 24.0. The van der Waals surface area contributed by atoms with E-state index in [1.54, 1.807) is 6.26 Å². The largest absolute Gasteiger partial charge is 0.481 e. The lowest BCUT2D eigenvalue weighted by molar-refractivity contribution is -0.143. The van der Waals surface area contributed by atoms with E-state index in [-0.39, 0.29) is 12.8 Å². The first kappa shape index (κ1) is 28.6. The average Bonchev–Trinajstić information content (AvgIpc) is 2.68. The Morgan fingerprint density at radius 1 is 0.871 bits per heavy atom. The molecule has 3 amide bonds. The molecule has 0 aromatic heterocycles. The zero-order valence-corrected chi connectivity index (χ0v) is 18.6. The van der Waals surface area contributed by atoms with Gasteiger partial charge in [0.2, 0.25) is 17.7 Å². The summed E-state index contributed by atoms with van der Waals surface area (Å²) < 4.78 is 0. The molecule has 0 saturated carbocycles. The van der Waals surface area contributed by atoms with Gasteiger partial charge in [0, 0.05) is 0 Å². The highest BCUT2D eigenvalue weighted by Crippen LogP contribution is 2.05. The fraction of sp³-hybridized carbons (Fsp3) is 0.722. The van der Waals surface area contributed by atoms with Gasteiger partial charge in [0.25, 0.3) is 0 Å². The van der Waals surface area contributed by atoms with E-state index in [2.05, 4.69) is 16.0 Å². The number of carboxylic acids is 2. The molecular formula is C18H33N5O7S. The van der Waals surface area contributed by atoms with Crippen LogP contribution in [0.5, 0.6) is 0 Å². The quantitative estimate of drug-likeness (QED) is 0.128. The van der Waals surface area contributed by atoms with Crippen molar-refractivity contribution in [3.05, 3.63) is 0 Å².